The lowest BCUT2D eigenvalue weighted by Crippen LogP contribution is -2.35. The summed E-state index contributed by atoms with van der Waals surface area (Å²) in [6, 6.07) is 18.5. The molecule has 6 heteroatoms. The normalized spacial score (nSPS) is 14.1. The van der Waals surface area contributed by atoms with Crippen molar-refractivity contribution < 1.29 is 9.26 Å². The summed E-state index contributed by atoms with van der Waals surface area (Å²) >= 11 is 0. The lowest BCUT2D eigenvalue weighted by molar-refractivity contribution is 0.0342. The van der Waals surface area contributed by atoms with Crippen LogP contribution in [0.4, 0.5) is 0 Å². The van der Waals surface area contributed by atoms with Crippen molar-refractivity contribution in [3.8, 4) is 23.2 Å². The van der Waals surface area contributed by atoms with Crippen LogP contribution in [-0.4, -0.2) is 45.9 Å². The highest BCUT2D eigenvalue weighted by molar-refractivity contribution is 5.59. The Labute approximate surface area is 187 Å². The minimum absolute atomic E-state index is 0.637. The lowest BCUT2D eigenvalue weighted by Gasteiger charge is -2.26. The van der Waals surface area contributed by atoms with Crippen molar-refractivity contribution in [2.24, 2.45) is 0 Å². The number of benzene rings is 2. The van der Waals surface area contributed by atoms with E-state index in [0.29, 0.717) is 6.54 Å². The summed E-state index contributed by atoms with van der Waals surface area (Å²) in [6.07, 6.45) is 5.42. The van der Waals surface area contributed by atoms with Crippen LogP contribution in [0.15, 0.2) is 77.8 Å². The maximum Gasteiger partial charge on any atom is 0.167 e. The van der Waals surface area contributed by atoms with Crippen molar-refractivity contribution in [3.05, 3.63) is 95.7 Å². The molecule has 0 radical (unpaired) electrons. The molecular weight excluding hydrogens is 400 g/mol. The number of ether oxygens (including phenoxy) is 1. The molecule has 2 aromatic carbocycles. The Balaban J connectivity index is 1.20. The first-order valence-electron chi connectivity index (χ1n) is 10.7. The van der Waals surface area contributed by atoms with Crippen molar-refractivity contribution in [1.29, 1.82) is 0 Å². The van der Waals surface area contributed by atoms with Gasteiger partial charge in [-0.25, -0.2) is 4.98 Å². The van der Waals surface area contributed by atoms with Gasteiger partial charge in [-0.15, -0.1) is 0 Å². The second kappa shape index (κ2) is 9.65. The van der Waals surface area contributed by atoms with Crippen molar-refractivity contribution in [3.63, 3.8) is 0 Å². The minimum atomic E-state index is 0.637. The molecule has 0 unspecified atom stereocenters. The molecule has 0 bridgehead atoms. The minimum Gasteiger partial charge on any atom is -0.379 e. The third-order valence-electron chi connectivity index (χ3n) is 5.45. The molecule has 6 nitrogen and oxygen atoms in total. The quantitative estimate of drug-likeness (QED) is 0.456. The smallest absolute Gasteiger partial charge is 0.167 e. The van der Waals surface area contributed by atoms with Gasteiger partial charge in [-0.05, 0) is 42.0 Å². The number of hydrogen-bond acceptors (Lipinski definition) is 5. The van der Waals surface area contributed by atoms with Crippen LogP contribution < -0.4 is 0 Å². The Morgan fingerprint density at radius 3 is 2.28 bits per heavy atom. The molecule has 3 heterocycles. The van der Waals surface area contributed by atoms with E-state index in [1.807, 2.05) is 41.1 Å². The van der Waals surface area contributed by atoms with Crippen LogP contribution in [-0.2, 0) is 17.8 Å². The van der Waals surface area contributed by atoms with Gasteiger partial charge in [0.15, 0.2) is 5.76 Å². The average molecular weight is 425 g/mol. The molecule has 1 fully saturated rings. The van der Waals surface area contributed by atoms with Crippen LogP contribution in [0.5, 0.6) is 0 Å². The molecule has 5 rings (SSSR count). The van der Waals surface area contributed by atoms with Gasteiger partial charge in [-0.3, -0.25) is 4.90 Å². The SMILES string of the molecule is C(#Cc1ccc(-c2cc(Cn3ccnc3)no2)cc1)c1ccc(CN2CCOCC2)cc1. The van der Waals surface area contributed by atoms with Gasteiger partial charge in [0, 0.05) is 54.8 Å². The Morgan fingerprint density at radius 1 is 0.875 bits per heavy atom. The van der Waals surface area contributed by atoms with E-state index >= 15 is 0 Å². The zero-order valence-electron chi connectivity index (χ0n) is 17.8. The molecule has 0 amide bonds. The third-order valence-corrected chi connectivity index (χ3v) is 5.45. The van der Waals surface area contributed by atoms with Gasteiger partial charge in [-0.1, -0.05) is 29.1 Å². The molecule has 160 valence electrons. The summed E-state index contributed by atoms with van der Waals surface area (Å²) < 4.78 is 12.9. The highest BCUT2D eigenvalue weighted by Gasteiger charge is 2.10. The molecular formula is C26H24N4O2. The van der Waals surface area contributed by atoms with Gasteiger partial charge >= 0.3 is 0 Å². The zero-order chi connectivity index (χ0) is 21.6. The number of nitrogens with zero attached hydrogens (tertiary/aromatic N) is 4. The molecule has 0 spiro atoms. The number of morpholine rings is 1. The number of aromatic nitrogens is 3. The second-order valence-corrected chi connectivity index (χ2v) is 7.83. The zero-order valence-corrected chi connectivity index (χ0v) is 17.8. The molecule has 0 atom stereocenters. The van der Waals surface area contributed by atoms with Gasteiger partial charge in [0.1, 0.15) is 5.69 Å². The van der Waals surface area contributed by atoms with Crippen LogP contribution >= 0.6 is 0 Å². The van der Waals surface area contributed by atoms with E-state index in [-0.39, 0.29) is 0 Å². The molecule has 2 aromatic heterocycles. The highest BCUT2D eigenvalue weighted by atomic mass is 16.5. The van der Waals surface area contributed by atoms with Crippen molar-refractivity contribution in [2.75, 3.05) is 26.3 Å². The summed E-state index contributed by atoms with van der Waals surface area (Å²) in [5.74, 6) is 7.24. The maximum absolute atomic E-state index is 5.50. The van der Waals surface area contributed by atoms with Crippen molar-refractivity contribution in [1.82, 2.24) is 19.6 Å². The molecule has 1 aliphatic heterocycles. The van der Waals surface area contributed by atoms with E-state index in [1.54, 1.807) is 12.5 Å². The summed E-state index contributed by atoms with van der Waals surface area (Å²) in [5, 5.41) is 4.15. The Kier molecular flexibility index (Phi) is 6.11. The Bertz CT molecular complexity index is 1190. The van der Waals surface area contributed by atoms with Gasteiger partial charge < -0.3 is 13.8 Å². The first-order valence-corrected chi connectivity index (χ1v) is 10.7. The lowest BCUT2D eigenvalue weighted by atomic mass is 10.1. The predicted octanol–water partition coefficient (Wildman–Crippen LogP) is 3.82. The molecule has 32 heavy (non-hydrogen) atoms. The molecule has 1 aliphatic rings. The third kappa shape index (κ3) is 5.14. The van der Waals surface area contributed by atoms with E-state index in [4.69, 9.17) is 9.26 Å². The summed E-state index contributed by atoms with van der Waals surface area (Å²) in [5.41, 5.74) is 5.12. The molecule has 0 aliphatic carbocycles. The average Bonchev–Trinajstić information content (AvgIpc) is 3.53. The van der Waals surface area contributed by atoms with Gasteiger partial charge in [-0.2, -0.15) is 0 Å². The van der Waals surface area contributed by atoms with Crippen molar-refractivity contribution >= 4 is 0 Å². The van der Waals surface area contributed by atoms with Gasteiger partial charge in [0.2, 0.25) is 0 Å². The first-order chi connectivity index (χ1) is 15.8. The van der Waals surface area contributed by atoms with E-state index in [0.717, 1.165) is 61.0 Å². The predicted molar refractivity (Wildman–Crippen MR) is 122 cm³/mol. The Morgan fingerprint density at radius 2 is 1.59 bits per heavy atom. The second-order valence-electron chi connectivity index (χ2n) is 7.83. The van der Waals surface area contributed by atoms with Crippen LogP contribution in [0.3, 0.4) is 0 Å². The summed E-state index contributed by atoms with van der Waals surface area (Å²) in [6.45, 7) is 5.24. The standard InChI is InChI=1S/C26H24N4O2/c1(21-3-5-23(6-4-21)18-29-13-15-31-16-14-29)2-22-7-9-24(10-8-22)26-17-25(28-32-26)19-30-12-11-27-20-30/h3-12,17,20H,13-16,18-19H2. The fourth-order valence-electron chi connectivity index (χ4n) is 3.66. The molecule has 0 saturated carbocycles. The van der Waals surface area contributed by atoms with Crippen LogP contribution in [0.1, 0.15) is 22.4 Å². The topological polar surface area (TPSA) is 56.3 Å². The van der Waals surface area contributed by atoms with E-state index in [1.165, 1.54) is 5.56 Å². The van der Waals surface area contributed by atoms with Gasteiger partial charge in [0.05, 0.1) is 26.1 Å². The number of imidazole rings is 1. The fourth-order valence-corrected chi connectivity index (χ4v) is 3.66. The number of hydrogen-bond donors (Lipinski definition) is 0. The largest absolute Gasteiger partial charge is 0.379 e. The van der Waals surface area contributed by atoms with E-state index < -0.39 is 0 Å². The molecule has 4 aromatic rings. The van der Waals surface area contributed by atoms with Crippen LogP contribution in [0.25, 0.3) is 11.3 Å². The van der Waals surface area contributed by atoms with Crippen LogP contribution in [0, 0.1) is 11.8 Å². The van der Waals surface area contributed by atoms with Gasteiger partial charge in [0.25, 0.3) is 0 Å². The van der Waals surface area contributed by atoms with E-state index in [9.17, 15) is 0 Å². The summed E-state index contributed by atoms with van der Waals surface area (Å²) in [7, 11) is 0. The number of rotatable bonds is 5. The van der Waals surface area contributed by atoms with Crippen molar-refractivity contribution in [2.45, 2.75) is 13.1 Å². The summed E-state index contributed by atoms with van der Waals surface area (Å²) in [4.78, 5) is 6.46. The molecule has 1 saturated heterocycles. The highest BCUT2D eigenvalue weighted by Crippen LogP contribution is 2.21. The monoisotopic (exact) mass is 424 g/mol. The Hall–Kier alpha value is -3.66. The van der Waals surface area contributed by atoms with Crippen LogP contribution in [0.2, 0.25) is 0 Å². The fraction of sp³-hybridized carbons (Fsp3) is 0.231. The van der Waals surface area contributed by atoms with E-state index in [2.05, 4.69) is 51.1 Å². The first kappa shape index (κ1) is 20.3. The maximum atomic E-state index is 5.50. The molecule has 0 N–H and O–H groups in total.